The molecule has 0 aromatic rings. The molecule has 0 rings (SSSR count). The van der Waals surface area contributed by atoms with Crippen LogP contribution < -0.4 is 6.15 Å². The van der Waals surface area contributed by atoms with Crippen molar-refractivity contribution in [2.24, 2.45) is 0 Å². The number of rotatable bonds is 0. The summed E-state index contributed by atoms with van der Waals surface area (Å²) in [4.78, 5) is 0. The molecule has 0 heterocycles. The Morgan fingerprint density at radius 3 is 1.00 bits per heavy atom. The van der Waals surface area contributed by atoms with E-state index in [2.05, 4.69) is 0 Å². The standard InChI is InChI=1S/C.N.O.Y. The summed E-state index contributed by atoms with van der Waals surface area (Å²) in [7, 11) is 0. The molecule has 0 aromatic heterocycles. The third kappa shape index (κ3) is 11.8. The predicted octanol–water partition coefficient (Wildman–Crippen LogP) is -0.521. The number of hydrogen-bond donors (Lipinski definition) is 0. The van der Waals surface area contributed by atoms with Gasteiger partial charge in [0.25, 0.3) is 0 Å². The van der Waals surface area contributed by atoms with Gasteiger partial charge in [-0.15, -0.1) is 0 Å². The predicted molar refractivity (Wildman–Crippen MR) is 6.06 cm³/mol. The Kier molecular flexibility index (Phi) is 681. The molecule has 0 aliphatic carbocycles. The van der Waals surface area contributed by atoms with E-state index in [-0.39, 0.29) is 51.8 Å². The minimum absolute atomic E-state index is 0. The Balaban J connectivity index is 0. The van der Waals surface area contributed by atoms with Crippen LogP contribution in [0.2, 0.25) is 0 Å². The van der Waals surface area contributed by atoms with Gasteiger partial charge in [0.15, 0.2) is 0 Å². The molecule has 2 nitrogen and oxygen atoms in total. The molecule has 0 N–H and O–H groups in total. The molecule has 0 saturated carbocycles. The van der Waals surface area contributed by atoms with E-state index in [1.165, 1.54) is 0 Å². The van der Waals surface area contributed by atoms with E-state index in [9.17, 15) is 0 Å². The average Bonchev–Trinajstić information content (AvgIpc) is 0. The molecule has 3 heteroatoms. The molecule has 0 saturated heterocycles. The molecule has 0 atom stereocenters. The Morgan fingerprint density at radius 2 is 1.00 bits per heavy atom. The van der Waals surface area contributed by atoms with Crippen LogP contribution in [0.5, 0.6) is 0 Å². The smallest absolute Gasteiger partial charge is 0 e. The third-order valence-electron chi connectivity index (χ3n) is 0. The SMILES string of the molecule is [C].[N].[O].[Y]. The molecule has 0 aliphatic heterocycles. The fraction of sp³-hybridized carbons (Fsp3) is 0. The van der Waals surface area contributed by atoms with Gasteiger partial charge in [0.05, 0.1) is 0 Å². The summed E-state index contributed by atoms with van der Waals surface area (Å²) < 4.78 is 0. The van der Waals surface area contributed by atoms with Crippen LogP contribution in [0.1, 0.15) is 0 Å². The molecule has 0 amide bonds. The average molecular weight is 131 g/mol. The van der Waals surface area contributed by atoms with Crippen LogP contribution in [0, 0.1) is 7.43 Å². The maximum atomic E-state index is 0. The molecule has 0 aromatic carbocycles. The van der Waals surface area contributed by atoms with Crippen LogP contribution in [-0.4, -0.2) is 0 Å². The van der Waals surface area contributed by atoms with E-state index in [0.29, 0.717) is 0 Å². The van der Waals surface area contributed by atoms with Gasteiger partial charge in [0, 0.05) is 51.8 Å². The van der Waals surface area contributed by atoms with Crippen LogP contribution in [0.15, 0.2) is 0 Å². The van der Waals surface area contributed by atoms with E-state index in [4.69, 9.17) is 0 Å². The minimum Gasteiger partial charge on any atom is 0 e. The monoisotopic (exact) mass is 131 g/mol. The zero-order valence-corrected chi connectivity index (χ0v) is 4.77. The molecular formula is CNOY. The second-order valence-electron chi connectivity index (χ2n) is 0. The molecule has 0 bridgehead atoms. The van der Waals surface area contributed by atoms with Gasteiger partial charge in [0.1, 0.15) is 0 Å². The van der Waals surface area contributed by atoms with Crippen molar-refractivity contribution in [3.8, 4) is 0 Å². The second kappa shape index (κ2) is 35.1. The first-order valence-electron chi connectivity index (χ1n) is 0. The molecule has 0 unspecified atom stereocenters. The second-order valence-corrected chi connectivity index (χ2v) is 0. The van der Waals surface area contributed by atoms with E-state index in [1.807, 2.05) is 0 Å². The van der Waals surface area contributed by atoms with Crippen molar-refractivity contribution in [1.29, 1.82) is 0 Å². The Labute approximate surface area is 51.7 Å². The van der Waals surface area contributed by atoms with Crippen molar-refractivity contribution in [2.45, 2.75) is 0 Å². The van der Waals surface area contributed by atoms with Crippen molar-refractivity contribution in [3.05, 3.63) is 7.43 Å². The molecule has 18 valence electrons. The van der Waals surface area contributed by atoms with Crippen LogP contribution in [-0.2, 0) is 38.2 Å². The quantitative estimate of drug-likeness (QED) is 0.424. The van der Waals surface area contributed by atoms with Crippen LogP contribution >= 0.6 is 0 Å². The molecule has 0 aliphatic rings. The zero-order chi connectivity index (χ0) is 0. The number of hydrogen-bond acceptors (Lipinski definition) is 0. The van der Waals surface area contributed by atoms with Crippen molar-refractivity contribution < 1.29 is 38.2 Å². The summed E-state index contributed by atoms with van der Waals surface area (Å²) >= 11 is 0. The minimum atomic E-state index is 0. The van der Waals surface area contributed by atoms with Crippen LogP contribution in [0.4, 0.5) is 0 Å². The molecular weight excluding hydrogens is 131 g/mol. The topological polar surface area (TPSA) is 59.0 Å². The molecule has 0 spiro atoms. The van der Waals surface area contributed by atoms with Crippen molar-refractivity contribution in [1.82, 2.24) is 6.15 Å². The van der Waals surface area contributed by atoms with Crippen LogP contribution in [0.3, 0.4) is 0 Å². The molecule has 0 fully saturated rings. The molecule has 4 heavy (non-hydrogen) atoms. The number of nitrogens with zero attached hydrogens (tertiary/aromatic N) is 1. The summed E-state index contributed by atoms with van der Waals surface area (Å²) in [6, 6.07) is 0. The maximum absolute atomic E-state index is 0. The maximum Gasteiger partial charge on any atom is 0 e. The Morgan fingerprint density at radius 1 is 1.00 bits per heavy atom. The molecule has 10 radical (unpaired) electrons. The summed E-state index contributed by atoms with van der Waals surface area (Å²) in [5.74, 6) is 0. The largest absolute Gasteiger partial charge is 0 e. The first-order valence-corrected chi connectivity index (χ1v) is 0. The van der Waals surface area contributed by atoms with Crippen molar-refractivity contribution >= 4 is 0 Å². The van der Waals surface area contributed by atoms with Gasteiger partial charge < -0.3 is 0 Å². The van der Waals surface area contributed by atoms with Crippen molar-refractivity contribution in [3.63, 3.8) is 0 Å². The summed E-state index contributed by atoms with van der Waals surface area (Å²) in [6.07, 6.45) is 0. The summed E-state index contributed by atoms with van der Waals surface area (Å²) in [5, 5.41) is 0. The van der Waals surface area contributed by atoms with E-state index < -0.39 is 0 Å². The van der Waals surface area contributed by atoms with Gasteiger partial charge in [-0.05, 0) is 0 Å². The normalized spacial score (nSPS) is 0. The summed E-state index contributed by atoms with van der Waals surface area (Å²) in [5.41, 5.74) is 0. The first-order chi connectivity index (χ1) is 0. The third-order valence-corrected chi connectivity index (χ3v) is 0. The van der Waals surface area contributed by atoms with E-state index in [1.54, 1.807) is 0 Å². The van der Waals surface area contributed by atoms with Gasteiger partial charge in [-0.25, -0.2) is 0 Å². The van der Waals surface area contributed by atoms with Gasteiger partial charge >= 0.3 is 0 Å². The summed E-state index contributed by atoms with van der Waals surface area (Å²) in [6.45, 7) is 0. The fourth-order valence-corrected chi connectivity index (χ4v) is 0. The van der Waals surface area contributed by atoms with Gasteiger partial charge in [0.2, 0.25) is 0 Å². The van der Waals surface area contributed by atoms with Gasteiger partial charge in [-0.2, -0.15) is 0 Å². The van der Waals surface area contributed by atoms with Gasteiger partial charge in [-0.3, -0.25) is 0 Å². The Bertz CT molecular complexity index is 8.00. The van der Waals surface area contributed by atoms with E-state index >= 15 is 0 Å². The zero-order valence-electron chi connectivity index (χ0n) is 1.93. The van der Waals surface area contributed by atoms with E-state index in [0.717, 1.165) is 0 Å². The van der Waals surface area contributed by atoms with Crippen LogP contribution in [0.25, 0.3) is 0 Å². The van der Waals surface area contributed by atoms with Crippen molar-refractivity contribution in [2.75, 3.05) is 0 Å². The van der Waals surface area contributed by atoms with Gasteiger partial charge in [-0.1, -0.05) is 0 Å². The fourth-order valence-electron chi connectivity index (χ4n) is 0. The first kappa shape index (κ1) is 77.6. The Hall–Kier alpha value is 1.02.